The minimum atomic E-state index is -0.763. The van der Waals surface area contributed by atoms with Crippen LogP contribution in [0.1, 0.15) is 30.9 Å². The zero-order valence-corrected chi connectivity index (χ0v) is 20.8. The summed E-state index contributed by atoms with van der Waals surface area (Å²) in [5.74, 6) is 0.253. The van der Waals surface area contributed by atoms with E-state index in [1.54, 1.807) is 43.5 Å². The van der Waals surface area contributed by atoms with E-state index in [2.05, 4.69) is 12.2 Å². The Morgan fingerprint density at radius 3 is 2.22 bits per heavy atom. The number of nitrogens with zero attached hydrogens (tertiary/aromatic N) is 1. The maximum atomic E-state index is 13.5. The number of unbranched alkanes of at least 4 members (excludes halogenated alkanes) is 1. The number of carbonyl (C=O) groups is 2. The second-order valence-corrected chi connectivity index (χ2v) is 8.46. The van der Waals surface area contributed by atoms with Crippen molar-refractivity contribution in [2.75, 3.05) is 20.3 Å². The van der Waals surface area contributed by atoms with Crippen LogP contribution >= 0.6 is 0 Å². The van der Waals surface area contributed by atoms with Gasteiger partial charge in [0.1, 0.15) is 23.4 Å². The first-order valence-electron chi connectivity index (χ1n) is 12.1. The third kappa shape index (κ3) is 8.12. The lowest BCUT2D eigenvalue weighted by molar-refractivity contribution is -0.142. The van der Waals surface area contributed by atoms with Crippen molar-refractivity contribution in [1.29, 1.82) is 0 Å². The van der Waals surface area contributed by atoms with Crippen LogP contribution in [0.5, 0.6) is 11.5 Å². The van der Waals surface area contributed by atoms with Gasteiger partial charge < -0.3 is 19.7 Å². The molecular weight excluding hydrogens is 459 g/mol. The predicted octanol–water partition coefficient (Wildman–Crippen LogP) is 4.77. The van der Waals surface area contributed by atoms with Crippen LogP contribution in [-0.4, -0.2) is 43.0 Å². The van der Waals surface area contributed by atoms with Crippen molar-refractivity contribution in [3.63, 3.8) is 0 Å². The summed E-state index contributed by atoms with van der Waals surface area (Å²) in [4.78, 5) is 28.4. The molecule has 7 heteroatoms. The first-order valence-corrected chi connectivity index (χ1v) is 12.1. The monoisotopic (exact) mass is 492 g/mol. The van der Waals surface area contributed by atoms with Crippen LogP contribution in [0.4, 0.5) is 4.39 Å². The van der Waals surface area contributed by atoms with E-state index >= 15 is 0 Å². The number of hydrogen-bond acceptors (Lipinski definition) is 4. The van der Waals surface area contributed by atoms with Gasteiger partial charge in [-0.2, -0.15) is 0 Å². The highest BCUT2D eigenvalue weighted by Gasteiger charge is 2.30. The Labute approximate surface area is 212 Å². The second kappa shape index (κ2) is 13.9. The largest absolute Gasteiger partial charge is 0.497 e. The number of rotatable bonds is 13. The quantitative estimate of drug-likeness (QED) is 0.349. The molecule has 1 atom stereocenters. The van der Waals surface area contributed by atoms with E-state index in [9.17, 15) is 14.0 Å². The fraction of sp³-hybridized carbons (Fsp3) is 0.310. The van der Waals surface area contributed by atoms with Gasteiger partial charge in [0.2, 0.25) is 5.91 Å². The number of methoxy groups -OCH3 is 1. The number of carbonyl (C=O) groups excluding carboxylic acids is 2. The normalized spacial score (nSPS) is 11.4. The van der Waals surface area contributed by atoms with Gasteiger partial charge >= 0.3 is 0 Å². The highest BCUT2D eigenvalue weighted by molar-refractivity contribution is 5.88. The molecule has 0 saturated carbocycles. The Bertz CT molecular complexity index is 1090. The molecule has 0 aliphatic rings. The van der Waals surface area contributed by atoms with Gasteiger partial charge in [0.05, 0.1) is 7.11 Å². The molecule has 1 N–H and O–H groups in total. The van der Waals surface area contributed by atoms with E-state index in [1.165, 1.54) is 17.0 Å². The second-order valence-electron chi connectivity index (χ2n) is 8.46. The molecule has 190 valence electrons. The molecule has 36 heavy (non-hydrogen) atoms. The molecule has 0 saturated heterocycles. The zero-order chi connectivity index (χ0) is 25.8. The van der Waals surface area contributed by atoms with Gasteiger partial charge in [0.25, 0.3) is 5.91 Å². The minimum Gasteiger partial charge on any atom is -0.497 e. The van der Waals surface area contributed by atoms with Gasteiger partial charge in [-0.25, -0.2) is 4.39 Å². The van der Waals surface area contributed by atoms with Crippen molar-refractivity contribution >= 4 is 11.8 Å². The SMILES string of the molecule is CCCCNC(=O)[C@H](Cc1ccccc1)N(Cc1ccc(F)cc1)C(=O)COc1ccc(OC)cc1. The van der Waals surface area contributed by atoms with Gasteiger partial charge in [-0.15, -0.1) is 0 Å². The highest BCUT2D eigenvalue weighted by atomic mass is 19.1. The Balaban J connectivity index is 1.85. The van der Waals surface area contributed by atoms with E-state index in [-0.39, 0.29) is 30.8 Å². The third-order valence-corrected chi connectivity index (χ3v) is 5.79. The summed E-state index contributed by atoms with van der Waals surface area (Å²) in [6.45, 7) is 2.47. The number of hydrogen-bond donors (Lipinski definition) is 1. The molecule has 0 unspecified atom stereocenters. The molecule has 0 spiro atoms. The maximum Gasteiger partial charge on any atom is 0.261 e. The summed E-state index contributed by atoms with van der Waals surface area (Å²) in [6.07, 6.45) is 2.13. The fourth-order valence-corrected chi connectivity index (χ4v) is 3.75. The molecule has 6 nitrogen and oxygen atoms in total. The Hall–Kier alpha value is -3.87. The Kier molecular flexibility index (Phi) is 10.3. The minimum absolute atomic E-state index is 0.143. The third-order valence-electron chi connectivity index (χ3n) is 5.79. The maximum absolute atomic E-state index is 13.5. The van der Waals surface area contributed by atoms with Crippen LogP contribution in [-0.2, 0) is 22.6 Å². The zero-order valence-electron chi connectivity index (χ0n) is 20.8. The molecule has 0 bridgehead atoms. The topological polar surface area (TPSA) is 67.9 Å². The molecule has 0 aliphatic carbocycles. The van der Waals surface area contributed by atoms with E-state index < -0.39 is 6.04 Å². The van der Waals surface area contributed by atoms with Crippen molar-refractivity contribution in [3.8, 4) is 11.5 Å². The Morgan fingerprint density at radius 2 is 1.58 bits per heavy atom. The predicted molar refractivity (Wildman–Crippen MR) is 137 cm³/mol. The molecule has 3 aromatic carbocycles. The number of benzene rings is 3. The smallest absolute Gasteiger partial charge is 0.261 e. The van der Waals surface area contributed by atoms with E-state index in [4.69, 9.17) is 9.47 Å². The van der Waals surface area contributed by atoms with Crippen LogP contribution in [0.2, 0.25) is 0 Å². The fourth-order valence-electron chi connectivity index (χ4n) is 3.75. The summed E-state index contributed by atoms with van der Waals surface area (Å²) in [7, 11) is 1.57. The molecule has 0 aliphatic heterocycles. The number of nitrogens with one attached hydrogen (secondary N) is 1. The molecule has 3 rings (SSSR count). The van der Waals surface area contributed by atoms with Gasteiger partial charge in [-0.1, -0.05) is 55.8 Å². The van der Waals surface area contributed by atoms with Crippen LogP contribution < -0.4 is 14.8 Å². The van der Waals surface area contributed by atoms with Crippen LogP contribution in [0.15, 0.2) is 78.9 Å². The summed E-state index contributed by atoms with van der Waals surface area (Å²) >= 11 is 0. The number of halogens is 1. The van der Waals surface area contributed by atoms with Crippen LogP contribution in [0, 0.1) is 5.82 Å². The van der Waals surface area contributed by atoms with E-state index in [1.807, 2.05) is 30.3 Å². The summed E-state index contributed by atoms with van der Waals surface area (Å²) in [6, 6.07) is 21.7. The standard InChI is InChI=1S/C29H33FN2O4/c1-3-4-18-31-29(34)27(19-22-8-6-5-7-9-22)32(20-23-10-12-24(30)13-11-23)28(33)21-36-26-16-14-25(35-2)15-17-26/h5-17,27H,3-4,18-21H2,1-2H3,(H,31,34)/t27-/m0/s1. The van der Waals surface area contributed by atoms with Crippen molar-refractivity contribution in [2.45, 2.75) is 38.8 Å². The Morgan fingerprint density at radius 1 is 0.917 bits per heavy atom. The highest BCUT2D eigenvalue weighted by Crippen LogP contribution is 2.19. The summed E-state index contributed by atoms with van der Waals surface area (Å²) in [5.41, 5.74) is 1.65. The van der Waals surface area contributed by atoms with Gasteiger partial charge in [-0.3, -0.25) is 9.59 Å². The van der Waals surface area contributed by atoms with Crippen molar-refractivity contribution in [2.24, 2.45) is 0 Å². The molecule has 0 fully saturated rings. The lowest BCUT2D eigenvalue weighted by atomic mass is 10.0. The molecular formula is C29H33FN2O4. The van der Waals surface area contributed by atoms with Gasteiger partial charge in [0.15, 0.2) is 6.61 Å². The molecule has 3 aromatic rings. The van der Waals surface area contributed by atoms with Crippen molar-refractivity contribution < 1.29 is 23.5 Å². The summed E-state index contributed by atoms with van der Waals surface area (Å²) < 4.78 is 24.4. The first kappa shape index (κ1) is 26.7. The molecule has 0 heterocycles. The first-order chi connectivity index (χ1) is 17.5. The average molecular weight is 493 g/mol. The lowest BCUT2D eigenvalue weighted by Gasteiger charge is -2.31. The lowest BCUT2D eigenvalue weighted by Crippen LogP contribution is -2.51. The van der Waals surface area contributed by atoms with Crippen molar-refractivity contribution in [3.05, 3.63) is 95.8 Å². The summed E-state index contributed by atoms with van der Waals surface area (Å²) in [5, 5.41) is 2.97. The molecule has 2 amide bonds. The number of ether oxygens (including phenoxy) is 2. The van der Waals surface area contributed by atoms with Crippen molar-refractivity contribution in [1.82, 2.24) is 10.2 Å². The molecule has 0 aromatic heterocycles. The number of amides is 2. The average Bonchev–Trinajstić information content (AvgIpc) is 2.91. The van der Waals surface area contributed by atoms with Crippen LogP contribution in [0.25, 0.3) is 0 Å². The molecule has 0 radical (unpaired) electrons. The van der Waals surface area contributed by atoms with Gasteiger partial charge in [0, 0.05) is 19.5 Å². The van der Waals surface area contributed by atoms with E-state index in [0.717, 1.165) is 18.4 Å². The van der Waals surface area contributed by atoms with Crippen LogP contribution in [0.3, 0.4) is 0 Å². The van der Waals surface area contributed by atoms with Gasteiger partial charge in [-0.05, 0) is 53.9 Å². The van der Waals surface area contributed by atoms with E-state index in [0.29, 0.717) is 30.0 Å².